The molecule has 6 nitrogen and oxygen atoms in total. The summed E-state index contributed by atoms with van der Waals surface area (Å²) in [5.74, 6) is 0. The lowest BCUT2D eigenvalue weighted by Crippen LogP contribution is -2.20. The van der Waals surface area contributed by atoms with Gasteiger partial charge in [-0.1, -0.05) is 30.3 Å². The molecule has 0 saturated carbocycles. The summed E-state index contributed by atoms with van der Waals surface area (Å²) in [7, 11) is -3.72. The Balaban J connectivity index is 1.71. The van der Waals surface area contributed by atoms with E-state index in [1.54, 1.807) is 18.3 Å². The van der Waals surface area contributed by atoms with Crippen molar-refractivity contribution < 1.29 is 8.42 Å². The smallest absolute Gasteiger partial charge is 0.238 e. The van der Waals surface area contributed by atoms with Crippen molar-refractivity contribution in [3.8, 4) is 0 Å². The van der Waals surface area contributed by atoms with E-state index in [4.69, 9.17) is 5.14 Å². The van der Waals surface area contributed by atoms with Gasteiger partial charge < -0.3 is 5.32 Å². The molecule has 1 aliphatic heterocycles. The Labute approximate surface area is 152 Å². The van der Waals surface area contributed by atoms with Gasteiger partial charge in [0.25, 0.3) is 0 Å². The highest BCUT2D eigenvalue weighted by Crippen LogP contribution is 2.25. The first kappa shape index (κ1) is 17.0. The van der Waals surface area contributed by atoms with Gasteiger partial charge in [0.1, 0.15) is 0 Å². The molecule has 0 spiro atoms. The molecule has 3 N–H and O–H groups in total. The minimum atomic E-state index is -3.72. The molecule has 134 valence electrons. The van der Waals surface area contributed by atoms with Gasteiger partial charge in [0.15, 0.2) is 0 Å². The maximum absolute atomic E-state index is 11.5. The minimum absolute atomic E-state index is 0.102. The number of aromatic nitrogens is 2. The summed E-state index contributed by atoms with van der Waals surface area (Å²) in [6.07, 6.45) is 4.92. The van der Waals surface area contributed by atoms with Crippen LogP contribution in [0.5, 0.6) is 0 Å². The van der Waals surface area contributed by atoms with Crippen LogP contribution >= 0.6 is 0 Å². The van der Waals surface area contributed by atoms with Crippen molar-refractivity contribution in [2.24, 2.45) is 5.14 Å². The predicted molar refractivity (Wildman–Crippen MR) is 102 cm³/mol. The van der Waals surface area contributed by atoms with Crippen LogP contribution in [-0.4, -0.2) is 31.3 Å². The third-order valence-corrected chi connectivity index (χ3v) is 5.60. The molecule has 0 radical (unpaired) electrons. The molecule has 0 amide bonds. The van der Waals surface area contributed by atoms with Crippen LogP contribution < -0.4 is 10.5 Å². The number of primary sulfonamides is 1. The second-order valence-electron chi connectivity index (χ2n) is 6.41. The quantitative estimate of drug-likeness (QED) is 0.738. The predicted octanol–water partition coefficient (Wildman–Crippen LogP) is 2.11. The van der Waals surface area contributed by atoms with Crippen LogP contribution in [0.2, 0.25) is 0 Å². The largest absolute Gasteiger partial charge is 0.313 e. The van der Waals surface area contributed by atoms with E-state index in [1.165, 1.54) is 22.8 Å². The molecule has 0 bridgehead atoms. The molecule has 0 saturated heterocycles. The van der Waals surface area contributed by atoms with E-state index in [0.717, 1.165) is 30.4 Å². The number of benzene rings is 2. The van der Waals surface area contributed by atoms with Crippen LogP contribution in [0.4, 0.5) is 0 Å². The Hall–Kier alpha value is -2.48. The summed E-state index contributed by atoms with van der Waals surface area (Å²) in [6, 6.07) is 13.2. The fourth-order valence-electron chi connectivity index (χ4n) is 3.37. The summed E-state index contributed by atoms with van der Waals surface area (Å²) < 4.78 is 25.0. The van der Waals surface area contributed by atoms with Gasteiger partial charge in [-0.15, -0.1) is 0 Å². The maximum Gasteiger partial charge on any atom is 0.238 e. The van der Waals surface area contributed by atoms with Gasteiger partial charge >= 0.3 is 0 Å². The van der Waals surface area contributed by atoms with E-state index >= 15 is 0 Å². The standard InChI is InChI=1S/C19H20N4O2S/c20-26(24,25)17-5-6-19-16(11-17)12-22-23(19)13-15-3-1-2-4-18(15)14-7-9-21-10-8-14/h1-7,11-12,21H,8-10,13H2,(H2,20,24,25). The van der Waals surface area contributed by atoms with Crippen LogP contribution in [0.1, 0.15) is 17.5 Å². The first-order chi connectivity index (χ1) is 12.5. The Morgan fingerprint density at radius 3 is 2.81 bits per heavy atom. The number of fused-ring (bicyclic) bond motifs is 1. The van der Waals surface area contributed by atoms with Crippen molar-refractivity contribution in [3.05, 3.63) is 65.9 Å². The molecule has 26 heavy (non-hydrogen) atoms. The van der Waals surface area contributed by atoms with Gasteiger partial charge in [0, 0.05) is 11.9 Å². The van der Waals surface area contributed by atoms with E-state index in [9.17, 15) is 8.42 Å². The molecule has 3 aromatic rings. The van der Waals surface area contributed by atoms with Crippen LogP contribution in [-0.2, 0) is 16.6 Å². The van der Waals surface area contributed by atoms with Crippen LogP contribution in [0.25, 0.3) is 16.5 Å². The average Bonchev–Trinajstić information content (AvgIpc) is 3.04. The molecule has 1 aliphatic rings. The zero-order chi connectivity index (χ0) is 18.1. The SMILES string of the molecule is NS(=O)(=O)c1ccc2c(cnn2Cc2ccccc2C2=CCNCC2)c1. The second kappa shape index (κ2) is 6.68. The van der Waals surface area contributed by atoms with Gasteiger partial charge in [-0.25, -0.2) is 13.6 Å². The molecule has 0 aliphatic carbocycles. The molecule has 0 atom stereocenters. The zero-order valence-electron chi connectivity index (χ0n) is 14.2. The topological polar surface area (TPSA) is 90.0 Å². The molecule has 1 aromatic heterocycles. The van der Waals surface area contributed by atoms with Crippen molar-refractivity contribution in [2.45, 2.75) is 17.9 Å². The van der Waals surface area contributed by atoms with E-state index in [0.29, 0.717) is 6.54 Å². The highest BCUT2D eigenvalue weighted by molar-refractivity contribution is 7.89. The first-order valence-corrected chi connectivity index (χ1v) is 10.0. The molecule has 2 heterocycles. The fourth-order valence-corrected chi connectivity index (χ4v) is 3.92. The molecule has 7 heteroatoms. The van der Waals surface area contributed by atoms with Gasteiger partial charge in [0.05, 0.1) is 23.2 Å². The Kier molecular flexibility index (Phi) is 4.36. The van der Waals surface area contributed by atoms with Crippen LogP contribution in [0, 0.1) is 0 Å². The number of hydrogen-bond donors (Lipinski definition) is 2. The summed E-state index contributed by atoms with van der Waals surface area (Å²) in [6.45, 7) is 2.51. The lowest BCUT2D eigenvalue weighted by molar-refractivity contribution is 0.598. The van der Waals surface area contributed by atoms with E-state index in [1.807, 2.05) is 10.7 Å². The Morgan fingerprint density at radius 1 is 1.19 bits per heavy atom. The number of sulfonamides is 1. The lowest BCUT2D eigenvalue weighted by Gasteiger charge is -2.17. The summed E-state index contributed by atoms with van der Waals surface area (Å²) >= 11 is 0. The Morgan fingerprint density at radius 2 is 2.04 bits per heavy atom. The number of hydrogen-bond acceptors (Lipinski definition) is 4. The molecule has 0 fully saturated rings. The van der Waals surface area contributed by atoms with Gasteiger partial charge in [-0.05, 0) is 47.9 Å². The average molecular weight is 368 g/mol. The van der Waals surface area contributed by atoms with E-state index in [2.05, 4.69) is 34.7 Å². The zero-order valence-corrected chi connectivity index (χ0v) is 15.0. The van der Waals surface area contributed by atoms with Crippen molar-refractivity contribution >= 4 is 26.5 Å². The first-order valence-electron chi connectivity index (χ1n) is 8.49. The highest BCUT2D eigenvalue weighted by Gasteiger charge is 2.13. The maximum atomic E-state index is 11.5. The molecular weight excluding hydrogens is 348 g/mol. The Bertz CT molecular complexity index is 1100. The van der Waals surface area contributed by atoms with Crippen LogP contribution in [0.15, 0.2) is 59.6 Å². The normalized spacial score (nSPS) is 15.2. The second-order valence-corrected chi connectivity index (χ2v) is 7.97. The number of nitrogens with two attached hydrogens (primary N) is 1. The fraction of sp³-hybridized carbons (Fsp3) is 0.211. The summed E-state index contributed by atoms with van der Waals surface area (Å²) in [5, 5.41) is 13.8. The van der Waals surface area contributed by atoms with Crippen molar-refractivity contribution in [1.29, 1.82) is 0 Å². The third-order valence-electron chi connectivity index (χ3n) is 4.69. The van der Waals surface area contributed by atoms with Crippen molar-refractivity contribution in [2.75, 3.05) is 13.1 Å². The molecule has 0 unspecified atom stereocenters. The van der Waals surface area contributed by atoms with Crippen molar-refractivity contribution in [1.82, 2.24) is 15.1 Å². The third kappa shape index (κ3) is 3.29. The monoisotopic (exact) mass is 368 g/mol. The lowest BCUT2D eigenvalue weighted by atomic mass is 9.95. The van der Waals surface area contributed by atoms with Gasteiger partial charge in [0.2, 0.25) is 10.0 Å². The summed E-state index contributed by atoms with van der Waals surface area (Å²) in [5.41, 5.74) is 4.68. The number of rotatable bonds is 4. The number of nitrogens with zero attached hydrogens (tertiary/aromatic N) is 2. The highest BCUT2D eigenvalue weighted by atomic mass is 32.2. The molecule has 4 rings (SSSR count). The van der Waals surface area contributed by atoms with Gasteiger partial charge in [-0.2, -0.15) is 5.10 Å². The molecular formula is C19H20N4O2S. The van der Waals surface area contributed by atoms with E-state index < -0.39 is 10.0 Å². The van der Waals surface area contributed by atoms with Gasteiger partial charge in [-0.3, -0.25) is 4.68 Å². The minimum Gasteiger partial charge on any atom is -0.313 e. The van der Waals surface area contributed by atoms with E-state index in [-0.39, 0.29) is 4.90 Å². The van der Waals surface area contributed by atoms with Crippen LogP contribution in [0.3, 0.4) is 0 Å². The summed E-state index contributed by atoms with van der Waals surface area (Å²) in [4.78, 5) is 0.102. The van der Waals surface area contributed by atoms with Crippen molar-refractivity contribution in [3.63, 3.8) is 0 Å². The molecule has 2 aromatic carbocycles. The number of nitrogens with one attached hydrogen (secondary N) is 1.